The Kier molecular flexibility index (Phi) is 43.0. The summed E-state index contributed by atoms with van der Waals surface area (Å²) in [5, 5.41) is 2.62. The number of rotatable bonds is 13. The first kappa shape index (κ1) is 44.5. The second-order valence-corrected chi connectivity index (χ2v) is 10.0. The Morgan fingerprint density at radius 1 is 0.838 bits per heavy atom. The van der Waals surface area contributed by atoms with Crippen LogP contribution in [0.4, 0.5) is 0 Å². The SMILES string of the molecule is C/C=C/CC.CC(C)C.CC(C)C.CC(C)CC(ONC=O)C(N)=O.CC(C)CNC(=O)CONC=O. The van der Waals surface area contributed by atoms with Gasteiger partial charge >= 0.3 is 0 Å². The van der Waals surface area contributed by atoms with Crippen LogP contribution in [0, 0.1) is 23.7 Å². The van der Waals surface area contributed by atoms with Gasteiger partial charge in [0.15, 0.2) is 12.7 Å². The van der Waals surface area contributed by atoms with E-state index in [9.17, 15) is 19.2 Å². The summed E-state index contributed by atoms with van der Waals surface area (Å²) < 4.78 is 0. The zero-order chi connectivity index (χ0) is 30.2. The molecule has 1 atom stereocenters. The van der Waals surface area contributed by atoms with Gasteiger partial charge in [0.05, 0.1) is 0 Å². The first-order valence-corrected chi connectivity index (χ1v) is 12.9. The third kappa shape index (κ3) is 71.9. The van der Waals surface area contributed by atoms with Crippen LogP contribution in [0.2, 0.25) is 0 Å². The van der Waals surface area contributed by atoms with Crippen molar-refractivity contribution in [3.05, 3.63) is 12.2 Å². The van der Waals surface area contributed by atoms with Crippen molar-refractivity contribution in [2.45, 2.75) is 102 Å². The number of nitrogens with one attached hydrogen (secondary N) is 3. The molecule has 0 bridgehead atoms. The minimum atomic E-state index is -0.741. The molecule has 0 heterocycles. The highest BCUT2D eigenvalue weighted by molar-refractivity contribution is 5.78. The Morgan fingerprint density at radius 3 is 1.57 bits per heavy atom. The van der Waals surface area contributed by atoms with Crippen molar-refractivity contribution in [2.75, 3.05) is 13.2 Å². The van der Waals surface area contributed by atoms with Crippen molar-refractivity contribution < 1.29 is 28.9 Å². The summed E-state index contributed by atoms with van der Waals surface area (Å²) >= 11 is 0. The molecule has 222 valence electrons. The Hall–Kier alpha value is -2.46. The van der Waals surface area contributed by atoms with Crippen molar-refractivity contribution >= 4 is 24.6 Å². The fourth-order valence-electron chi connectivity index (χ4n) is 1.51. The van der Waals surface area contributed by atoms with E-state index >= 15 is 0 Å². The molecule has 0 fully saturated rings. The van der Waals surface area contributed by atoms with E-state index < -0.39 is 12.0 Å². The molecule has 10 heteroatoms. The monoisotopic (exact) mass is 534 g/mol. The fraction of sp³-hybridized carbons (Fsp3) is 0.778. The van der Waals surface area contributed by atoms with E-state index in [4.69, 9.17) is 5.73 Å². The van der Waals surface area contributed by atoms with Crippen LogP contribution in [-0.4, -0.2) is 43.9 Å². The topological polar surface area (TPSA) is 149 Å². The van der Waals surface area contributed by atoms with Crippen LogP contribution in [0.5, 0.6) is 0 Å². The van der Waals surface area contributed by atoms with Gasteiger partial charge in [-0.3, -0.25) is 28.9 Å². The molecule has 0 aromatic heterocycles. The van der Waals surface area contributed by atoms with Crippen molar-refractivity contribution in [3.8, 4) is 0 Å². The molecule has 10 nitrogen and oxygen atoms in total. The van der Waals surface area contributed by atoms with E-state index in [0.29, 0.717) is 31.7 Å². The first-order chi connectivity index (χ1) is 17.1. The summed E-state index contributed by atoms with van der Waals surface area (Å²) in [5.74, 6) is 1.56. The van der Waals surface area contributed by atoms with Gasteiger partial charge in [-0.05, 0) is 43.4 Å². The van der Waals surface area contributed by atoms with Crippen molar-refractivity contribution in [1.29, 1.82) is 0 Å². The first-order valence-electron chi connectivity index (χ1n) is 12.9. The number of hydrogen-bond acceptors (Lipinski definition) is 6. The van der Waals surface area contributed by atoms with Gasteiger partial charge in [-0.2, -0.15) is 0 Å². The molecule has 4 amide bonds. The van der Waals surface area contributed by atoms with Gasteiger partial charge < -0.3 is 11.1 Å². The fourth-order valence-corrected chi connectivity index (χ4v) is 1.51. The van der Waals surface area contributed by atoms with Crippen LogP contribution in [0.1, 0.15) is 95.9 Å². The molecular formula is C27H58N4O6. The highest BCUT2D eigenvalue weighted by Crippen LogP contribution is 2.06. The van der Waals surface area contributed by atoms with E-state index in [1.165, 1.54) is 0 Å². The van der Waals surface area contributed by atoms with Crippen molar-refractivity contribution in [2.24, 2.45) is 29.4 Å². The lowest BCUT2D eigenvalue weighted by molar-refractivity contribution is -0.141. The van der Waals surface area contributed by atoms with Gasteiger partial charge in [0.25, 0.3) is 0 Å². The van der Waals surface area contributed by atoms with Crippen LogP contribution < -0.4 is 22.0 Å². The zero-order valence-electron chi connectivity index (χ0n) is 25.6. The lowest BCUT2D eigenvalue weighted by atomic mass is 10.1. The molecule has 0 spiro atoms. The van der Waals surface area contributed by atoms with Crippen molar-refractivity contribution in [3.63, 3.8) is 0 Å². The van der Waals surface area contributed by atoms with Crippen LogP contribution in [0.15, 0.2) is 12.2 Å². The second kappa shape index (κ2) is 35.7. The van der Waals surface area contributed by atoms with E-state index in [-0.39, 0.29) is 18.4 Å². The molecule has 0 saturated heterocycles. The van der Waals surface area contributed by atoms with Gasteiger partial charge in [0, 0.05) is 6.54 Å². The van der Waals surface area contributed by atoms with Crippen LogP contribution in [0.3, 0.4) is 0 Å². The normalized spacial score (nSPS) is 10.5. The molecule has 0 aromatic rings. The quantitative estimate of drug-likeness (QED) is 0.120. The molecule has 37 heavy (non-hydrogen) atoms. The predicted octanol–water partition coefficient (Wildman–Crippen LogP) is 4.30. The zero-order valence-corrected chi connectivity index (χ0v) is 25.6. The van der Waals surface area contributed by atoms with Crippen LogP contribution in [0.25, 0.3) is 0 Å². The van der Waals surface area contributed by atoms with Crippen LogP contribution >= 0.6 is 0 Å². The largest absolute Gasteiger partial charge is 0.367 e. The number of nitrogens with two attached hydrogens (primary N) is 1. The third-order valence-electron chi connectivity index (χ3n) is 2.77. The summed E-state index contributed by atoms with van der Waals surface area (Å²) in [6.07, 6.45) is 5.83. The molecule has 0 aromatic carbocycles. The maximum atomic E-state index is 10.8. The highest BCUT2D eigenvalue weighted by atomic mass is 16.7. The molecular weight excluding hydrogens is 476 g/mol. The summed E-state index contributed by atoms with van der Waals surface area (Å²) in [5.41, 5.74) is 8.88. The highest BCUT2D eigenvalue weighted by Gasteiger charge is 2.17. The maximum absolute atomic E-state index is 10.8. The molecule has 0 saturated carbocycles. The lowest BCUT2D eigenvalue weighted by Crippen LogP contribution is -2.36. The van der Waals surface area contributed by atoms with E-state index in [2.05, 4.69) is 75.6 Å². The molecule has 5 N–H and O–H groups in total. The minimum Gasteiger partial charge on any atom is -0.367 e. The summed E-state index contributed by atoms with van der Waals surface area (Å²) in [6, 6.07) is 0. The Balaban J connectivity index is -0.000000127. The van der Waals surface area contributed by atoms with E-state index in [1.54, 1.807) is 0 Å². The molecule has 0 aliphatic rings. The number of carbonyl (C=O) groups is 4. The number of amides is 4. The maximum Gasteiger partial charge on any atom is 0.249 e. The molecule has 0 aliphatic heterocycles. The molecule has 0 aliphatic carbocycles. The Morgan fingerprint density at radius 2 is 1.30 bits per heavy atom. The molecule has 1 unspecified atom stereocenters. The van der Waals surface area contributed by atoms with Crippen molar-refractivity contribution in [1.82, 2.24) is 16.3 Å². The summed E-state index contributed by atoms with van der Waals surface area (Å²) in [6.45, 7) is 25.5. The summed E-state index contributed by atoms with van der Waals surface area (Å²) in [7, 11) is 0. The Labute approximate surface area is 226 Å². The standard InChI is InChI=1S/2C7H14N2O3.C5H10.2C4H10/c1-6(2)3-8-7(11)4-12-9-5-10;1-5(2)3-6(7(8)11)12-9-4-10;1-3-5-4-2;2*1-4(2)3/h5-6H,3-4H2,1-2H3,(H,8,11)(H,9,10);4-6H,3H2,1-2H3,(H2,8,11)(H,9,10);3,5H,4H2,1-2H3;2*4H,1-3H3/b;;5-3+;;. The predicted molar refractivity (Wildman–Crippen MR) is 152 cm³/mol. The molecule has 0 rings (SSSR count). The number of carbonyl (C=O) groups excluding carboxylic acids is 4. The number of allylic oxidation sites excluding steroid dienone is 2. The lowest BCUT2D eigenvalue weighted by Gasteiger charge is -2.14. The average molecular weight is 535 g/mol. The van der Waals surface area contributed by atoms with Crippen LogP contribution in [-0.2, 0) is 28.9 Å². The number of hydroxylamine groups is 2. The van der Waals surface area contributed by atoms with Gasteiger partial charge in [-0.15, -0.1) is 0 Å². The summed E-state index contributed by atoms with van der Waals surface area (Å²) in [4.78, 5) is 50.1. The van der Waals surface area contributed by atoms with E-state index in [0.717, 1.165) is 18.3 Å². The van der Waals surface area contributed by atoms with Gasteiger partial charge in [0.1, 0.15) is 0 Å². The van der Waals surface area contributed by atoms with Gasteiger partial charge in [-0.1, -0.05) is 88.3 Å². The number of hydrogen-bond donors (Lipinski definition) is 4. The van der Waals surface area contributed by atoms with Gasteiger partial charge in [-0.25, -0.2) is 11.0 Å². The minimum absolute atomic E-state index is 0.147. The smallest absolute Gasteiger partial charge is 0.249 e. The third-order valence-corrected chi connectivity index (χ3v) is 2.77. The van der Waals surface area contributed by atoms with Gasteiger partial charge in [0.2, 0.25) is 24.6 Å². The number of primary amides is 1. The second-order valence-electron chi connectivity index (χ2n) is 10.0. The van der Waals surface area contributed by atoms with E-state index in [1.807, 2.05) is 45.6 Å². The Bertz CT molecular complexity index is 525. The average Bonchev–Trinajstić information content (AvgIpc) is 2.75. The molecule has 0 radical (unpaired) electrons.